The quantitative estimate of drug-likeness (QED) is 0.758. The van der Waals surface area contributed by atoms with Gasteiger partial charge in [-0.2, -0.15) is 5.10 Å². The molecule has 6 nitrogen and oxygen atoms in total. The first-order chi connectivity index (χ1) is 13.7. The van der Waals surface area contributed by atoms with Crippen LogP contribution >= 0.6 is 11.3 Å². The van der Waals surface area contributed by atoms with Crippen molar-refractivity contribution in [1.29, 1.82) is 0 Å². The molecule has 4 rings (SSSR count). The first kappa shape index (κ1) is 19.2. The second kappa shape index (κ2) is 8.47. The molecule has 1 saturated heterocycles. The molecule has 2 amide bonds. The predicted octanol–water partition coefficient (Wildman–Crippen LogP) is 3.17. The van der Waals surface area contributed by atoms with Gasteiger partial charge < -0.3 is 10.2 Å². The molecule has 2 aromatic rings. The van der Waals surface area contributed by atoms with Gasteiger partial charge in [0.1, 0.15) is 0 Å². The summed E-state index contributed by atoms with van der Waals surface area (Å²) in [4.78, 5) is 28.6. The molecule has 1 unspecified atom stereocenters. The fourth-order valence-electron chi connectivity index (χ4n) is 4.81. The maximum Gasteiger partial charge on any atom is 0.263 e. The van der Waals surface area contributed by atoms with Gasteiger partial charge in [-0.1, -0.05) is 25.3 Å². The number of aromatic nitrogens is 2. The maximum absolute atomic E-state index is 13.1. The number of carbonyl (C=O) groups is 2. The molecule has 0 aromatic carbocycles. The third kappa shape index (κ3) is 3.99. The Morgan fingerprint density at radius 1 is 1.25 bits per heavy atom. The summed E-state index contributed by atoms with van der Waals surface area (Å²) < 4.78 is 1.88. The minimum absolute atomic E-state index is 0.0444. The van der Waals surface area contributed by atoms with E-state index in [1.807, 2.05) is 39.4 Å². The lowest BCUT2D eigenvalue weighted by Gasteiger charge is -2.37. The van der Waals surface area contributed by atoms with Gasteiger partial charge in [0.05, 0.1) is 10.8 Å². The van der Waals surface area contributed by atoms with Crippen LogP contribution in [0.25, 0.3) is 0 Å². The zero-order valence-corrected chi connectivity index (χ0v) is 17.0. The summed E-state index contributed by atoms with van der Waals surface area (Å²) in [7, 11) is 0. The van der Waals surface area contributed by atoms with Gasteiger partial charge in [0, 0.05) is 44.0 Å². The molecule has 1 aliphatic heterocycles. The minimum atomic E-state index is -0.0959. The number of nitrogens with zero attached hydrogens (tertiary/aromatic N) is 3. The Bertz CT molecular complexity index is 781. The Kier molecular flexibility index (Phi) is 5.80. The summed E-state index contributed by atoms with van der Waals surface area (Å²) in [5.41, 5.74) is -0.0444. The van der Waals surface area contributed by atoms with Gasteiger partial charge in [0.15, 0.2) is 0 Å². The summed E-state index contributed by atoms with van der Waals surface area (Å²) in [5, 5.41) is 9.26. The molecule has 3 heterocycles. The lowest BCUT2D eigenvalue weighted by atomic mass is 9.67. The van der Waals surface area contributed by atoms with Crippen LogP contribution < -0.4 is 5.32 Å². The van der Waals surface area contributed by atoms with E-state index in [0.29, 0.717) is 13.1 Å². The van der Waals surface area contributed by atoms with Crippen molar-refractivity contribution in [3.05, 3.63) is 40.8 Å². The third-order valence-electron chi connectivity index (χ3n) is 6.26. The summed E-state index contributed by atoms with van der Waals surface area (Å²) in [6, 6.07) is 5.69. The second-order valence-corrected chi connectivity index (χ2v) is 9.00. The molecule has 2 aliphatic rings. The van der Waals surface area contributed by atoms with Crippen molar-refractivity contribution in [2.75, 3.05) is 19.6 Å². The highest BCUT2D eigenvalue weighted by atomic mass is 32.1. The van der Waals surface area contributed by atoms with Crippen molar-refractivity contribution in [3.8, 4) is 0 Å². The van der Waals surface area contributed by atoms with Crippen molar-refractivity contribution in [3.63, 3.8) is 0 Å². The van der Waals surface area contributed by atoms with E-state index in [9.17, 15) is 9.59 Å². The monoisotopic (exact) mass is 400 g/mol. The van der Waals surface area contributed by atoms with E-state index < -0.39 is 0 Å². The van der Waals surface area contributed by atoms with Crippen LogP contribution in [0.5, 0.6) is 0 Å². The summed E-state index contributed by atoms with van der Waals surface area (Å²) >= 11 is 1.48. The van der Waals surface area contributed by atoms with Crippen LogP contribution in [-0.2, 0) is 11.3 Å². The van der Waals surface area contributed by atoms with Crippen LogP contribution in [-0.4, -0.2) is 46.1 Å². The molecule has 0 bridgehead atoms. The van der Waals surface area contributed by atoms with Crippen LogP contribution in [0.4, 0.5) is 0 Å². The number of likely N-dealkylation sites (tertiary alicyclic amines) is 1. The van der Waals surface area contributed by atoms with Crippen LogP contribution in [0.15, 0.2) is 36.0 Å². The average molecular weight is 401 g/mol. The Labute approximate surface area is 169 Å². The van der Waals surface area contributed by atoms with Crippen molar-refractivity contribution in [1.82, 2.24) is 20.0 Å². The second-order valence-electron chi connectivity index (χ2n) is 8.05. The minimum Gasteiger partial charge on any atom is -0.356 e. The molecule has 7 heteroatoms. The van der Waals surface area contributed by atoms with Crippen molar-refractivity contribution in [2.24, 2.45) is 11.3 Å². The van der Waals surface area contributed by atoms with Crippen LogP contribution in [0.1, 0.15) is 48.2 Å². The van der Waals surface area contributed by atoms with E-state index in [1.54, 1.807) is 6.20 Å². The Morgan fingerprint density at radius 2 is 2.11 bits per heavy atom. The fourth-order valence-corrected chi connectivity index (χ4v) is 5.50. The highest BCUT2D eigenvalue weighted by Crippen LogP contribution is 2.48. The number of hydrogen-bond acceptors (Lipinski definition) is 4. The zero-order valence-electron chi connectivity index (χ0n) is 16.2. The van der Waals surface area contributed by atoms with Crippen LogP contribution in [0, 0.1) is 11.3 Å². The predicted molar refractivity (Wildman–Crippen MR) is 109 cm³/mol. The van der Waals surface area contributed by atoms with Gasteiger partial charge in [-0.15, -0.1) is 11.3 Å². The van der Waals surface area contributed by atoms with E-state index in [0.717, 1.165) is 50.1 Å². The summed E-state index contributed by atoms with van der Waals surface area (Å²) in [5.74, 6) is 0.0965. The van der Waals surface area contributed by atoms with Gasteiger partial charge in [0.2, 0.25) is 5.91 Å². The molecular weight excluding hydrogens is 372 g/mol. The van der Waals surface area contributed by atoms with Crippen molar-refractivity contribution >= 4 is 23.2 Å². The topological polar surface area (TPSA) is 67.2 Å². The molecule has 1 aliphatic carbocycles. The van der Waals surface area contributed by atoms with Gasteiger partial charge in [-0.05, 0) is 36.8 Å². The fraction of sp³-hybridized carbons (Fsp3) is 0.571. The molecule has 150 valence electrons. The lowest BCUT2D eigenvalue weighted by Crippen LogP contribution is -2.42. The summed E-state index contributed by atoms with van der Waals surface area (Å²) in [6.45, 7) is 2.70. The number of hydrogen-bond donors (Lipinski definition) is 1. The molecular formula is C21H28N4O2S. The summed E-state index contributed by atoms with van der Waals surface area (Å²) in [6.07, 6.45) is 10.2. The van der Waals surface area contributed by atoms with Crippen molar-refractivity contribution in [2.45, 2.75) is 45.1 Å². The van der Waals surface area contributed by atoms with E-state index in [2.05, 4.69) is 10.4 Å². The molecule has 2 aromatic heterocycles. The standard InChI is InChI=1S/C21H28N4O2S/c26-19(22-10-5-12-25-13-6-11-23-25)17-15-24(20(27)18-7-4-14-28-18)16-21(17)8-2-1-3-9-21/h4,6-7,11,13-14,17H,1-3,5,8-10,12,15-16H2,(H,22,26). The van der Waals surface area contributed by atoms with Crippen molar-refractivity contribution < 1.29 is 9.59 Å². The van der Waals surface area contributed by atoms with E-state index in [4.69, 9.17) is 0 Å². The highest BCUT2D eigenvalue weighted by molar-refractivity contribution is 7.12. The molecule has 1 saturated carbocycles. The molecule has 1 atom stereocenters. The highest BCUT2D eigenvalue weighted by Gasteiger charge is 2.51. The van der Waals surface area contributed by atoms with Gasteiger partial charge in [0.25, 0.3) is 5.91 Å². The largest absolute Gasteiger partial charge is 0.356 e. The number of aryl methyl sites for hydroxylation is 1. The molecule has 28 heavy (non-hydrogen) atoms. The zero-order chi connectivity index (χ0) is 19.4. The first-order valence-corrected chi connectivity index (χ1v) is 11.1. The van der Waals surface area contributed by atoms with Crippen LogP contribution in [0.3, 0.4) is 0 Å². The number of rotatable bonds is 6. The van der Waals surface area contributed by atoms with Crippen LogP contribution in [0.2, 0.25) is 0 Å². The Morgan fingerprint density at radius 3 is 2.82 bits per heavy atom. The Balaban J connectivity index is 1.39. The molecule has 2 fully saturated rings. The molecule has 1 spiro atoms. The number of thiophene rings is 1. The number of amides is 2. The third-order valence-corrected chi connectivity index (χ3v) is 7.11. The van der Waals surface area contributed by atoms with Gasteiger partial charge in [-0.3, -0.25) is 14.3 Å². The van der Waals surface area contributed by atoms with E-state index >= 15 is 0 Å². The SMILES string of the molecule is O=C(NCCCn1cccn1)C1CN(C(=O)c2cccs2)CC12CCCCC2. The normalized spacial score (nSPS) is 21.1. The maximum atomic E-state index is 13.1. The number of carbonyl (C=O) groups excluding carboxylic acids is 2. The smallest absolute Gasteiger partial charge is 0.263 e. The molecule has 0 radical (unpaired) electrons. The first-order valence-electron chi connectivity index (χ1n) is 10.3. The Hall–Kier alpha value is -2.15. The number of nitrogens with one attached hydrogen (secondary N) is 1. The van der Waals surface area contributed by atoms with E-state index in [1.165, 1.54) is 17.8 Å². The average Bonchev–Trinajstić information content (AvgIpc) is 3.46. The molecule has 1 N–H and O–H groups in total. The van der Waals surface area contributed by atoms with E-state index in [-0.39, 0.29) is 23.1 Å². The lowest BCUT2D eigenvalue weighted by molar-refractivity contribution is -0.128. The van der Waals surface area contributed by atoms with Gasteiger partial charge >= 0.3 is 0 Å². The van der Waals surface area contributed by atoms with Gasteiger partial charge in [-0.25, -0.2) is 0 Å².